The Morgan fingerprint density at radius 2 is 1.33 bits per heavy atom. The predicted molar refractivity (Wildman–Crippen MR) is 235 cm³/mol. The number of allylic oxidation sites excluding steroid dienone is 6. The molecule has 0 saturated carbocycles. The lowest BCUT2D eigenvalue weighted by Crippen LogP contribution is -2.33. The Morgan fingerprint density at radius 1 is 0.561 bits per heavy atom. The van der Waals surface area contributed by atoms with Crippen molar-refractivity contribution < 1.29 is 0 Å². The summed E-state index contributed by atoms with van der Waals surface area (Å²) in [5.41, 5.74) is 18.1. The molecule has 6 aliphatic rings. The van der Waals surface area contributed by atoms with Gasteiger partial charge in [-0.2, -0.15) is 0 Å². The third-order valence-electron chi connectivity index (χ3n) is 13.0. The van der Waals surface area contributed by atoms with Crippen molar-refractivity contribution in [3.05, 3.63) is 227 Å². The quantitative estimate of drug-likeness (QED) is 0.189. The van der Waals surface area contributed by atoms with Crippen LogP contribution in [0.2, 0.25) is 0 Å². The average molecular weight is 735 g/mol. The van der Waals surface area contributed by atoms with Crippen LogP contribution in [-0.4, -0.2) is 12.6 Å². The molecule has 0 fully saturated rings. The van der Waals surface area contributed by atoms with Crippen molar-refractivity contribution in [2.45, 2.75) is 36.8 Å². The summed E-state index contributed by atoms with van der Waals surface area (Å²) >= 11 is 0. The lowest BCUT2D eigenvalue weighted by molar-refractivity contribution is 0.584. The number of benzene rings is 6. The Hall–Kier alpha value is -6.78. The molecular formula is C53H42N4. The maximum Gasteiger partial charge on any atom is 0.0701 e. The molecule has 0 radical (unpaired) electrons. The van der Waals surface area contributed by atoms with E-state index in [2.05, 4.69) is 202 Å². The third kappa shape index (κ3) is 5.20. The first kappa shape index (κ1) is 32.5. The van der Waals surface area contributed by atoms with Gasteiger partial charge in [0.05, 0.1) is 23.5 Å². The molecule has 4 heterocycles. The zero-order chi connectivity index (χ0) is 37.5. The highest BCUT2D eigenvalue weighted by Gasteiger charge is 2.45. The molecule has 4 aliphatic heterocycles. The van der Waals surface area contributed by atoms with Crippen LogP contribution in [0.15, 0.2) is 210 Å². The van der Waals surface area contributed by atoms with Crippen molar-refractivity contribution in [3.63, 3.8) is 0 Å². The third-order valence-corrected chi connectivity index (χ3v) is 13.0. The number of rotatable bonds is 4. The zero-order valence-electron chi connectivity index (χ0n) is 31.6. The topological polar surface area (TPSA) is 30.5 Å². The van der Waals surface area contributed by atoms with Crippen LogP contribution < -0.4 is 20.4 Å². The van der Waals surface area contributed by atoms with Gasteiger partial charge < -0.3 is 20.4 Å². The summed E-state index contributed by atoms with van der Waals surface area (Å²) < 4.78 is 0. The van der Waals surface area contributed by atoms with Crippen molar-refractivity contribution in [2.75, 3.05) is 16.3 Å². The summed E-state index contributed by atoms with van der Waals surface area (Å²) in [6.45, 7) is 0.883. The van der Waals surface area contributed by atoms with E-state index in [1.807, 2.05) is 0 Å². The second kappa shape index (κ2) is 12.9. The van der Waals surface area contributed by atoms with Crippen LogP contribution >= 0.6 is 0 Å². The molecule has 6 aromatic rings. The Labute approximate surface area is 334 Å². The first-order chi connectivity index (χ1) is 28.2. The monoisotopic (exact) mass is 734 g/mol. The number of para-hydroxylation sites is 2. The lowest BCUT2D eigenvalue weighted by Gasteiger charge is -2.37. The summed E-state index contributed by atoms with van der Waals surface area (Å²) in [5, 5.41) is 10.1. The number of nitrogens with one attached hydrogen (secondary N) is 2. The van der Waals surface area contributed by atoms with Gasteiger partial charge in [0.15, 0.2) is 0 Å². The van der Waals surface area contributed by atoms with Crippen LogP contribution in [0.3, 0.4) is 0 Å². The van der Waals surface area contributed by atoms with Crippen LogP contribution in [0.1, 0.15) is 47.4 Å². The van der Waals surface area contributed by atoms with E-state index < -0.39 is 0 Å². The van der Waals surface area contributed by atoms with E-state index in [1.165, 1.54) is 89.6 Å². The van der Waals surface area contributed by atoms with Gasteiger partial charge in [0.25, 0.3) is 0 Å². The molecule has 4 heteroatoms. The van der Waals surface area contributed by atoms with E-state index in [-0.39, 0.29) is 23.9 Å². The molecular weight excluding hydrogens is 693 g/mol. The molecule has 4 nitrogen and oxygen atoms in total. The first-order valence-corrected chi connectivity index (χ1v) is 20.4. The van der Waals surface area contributed by atoms with Gasteiger partial charge in [0.1, 0.15) is 0 Å². The van der Waals surface area contributed by atoms with E-state index in [1.54, 1.807) is 0 Å². The molecule has 2 bridgehead atoms. The number of hydrogen-bond donors (Lipinski definition) is 2. The fourth-order valence-electron chi connectivity index (χ4n) is 10.3. The van der Waals surface area contributed by atoms with Crippen molar-refractivity contribution in [1.29, 1.82) is 0 Å². The number of fused-ring (bicyclic) bond motifs is 9. The van der Waals surface area contributed by atoms with Crippen LogP contribution in [0.25, 0.3) is 21.9 Å². The maximum absolute atomic E-state index is 3.89. The first-order valence-electron chi connectivity index (χ1n) is 20.4. The van der Waals surface area contributed by atoms with Gasteiger partial charge in [-0.05, 0) is 111 Å². The molecule has 4 atom stereocenters. The van der Waals surface area contributed by atoms with Crippen molar-refractivity contribution >= 4 is 33.5 Å². The summed E-state index contributed by atoms with van der Waals surface area (Å²) in [4.78, 5) is 5.05. The molecule has 12 rings (SSSR count). The SMILES string of the molecule is C1=CC2=C(NC1)C1=C(C=CC(c3ccc(N4C5=CC(c6ccccc64)C4c6ccccc6N(c6cccc(-c7ccc8ccccc8c7)c6)C4C=C5)cc3)N1)CC2. The van der Waals surface area contributed by atoms with Crippen molar-refractivity contribution in [2.24, 2.45) is 0 Å². The minimum absolute atomic E-state index is 0.123. The second-order valence-electron chi connectivity index (χ2n) is 16.1. The molecule has 2 N–H and O–H groups in total. The van der Waals surface area contributed by atoms with Gasteiger partial charge in [-0.1, -0.05) is 134 Å². The highest BCUT2D eigenvalue weighted by Crippen LogP contribution is 2.57. The fourth-order valence-corrected chi connectivity index (χ4v) is 10.3. The van der Waals surface area contributed by atoms with Crippen LogP contribution in [0.5, 0.6) is 0 Å². The Balaban J connectivity index is 0.894. The number of anilines is 4. The fraction of sp³-hybridized carbons (Fsp3) is 0.132. The highest BCUT2D eigenvalue weighted by atomic mass is 15.2. The smallest absolute Gasteiger partial charge is 0.0701 e. The molecule has 0 amide bonds. The van der Waals surface area contributed by atoms with E-state index in [0.717, 1.165) is 19.4 Å². The largest absolute Gasteiger partial charge is 0.380 e. The minimum Gasteiger partial charge on any atom is -0.380 e. The average Bonchev–Trinajstić information content (AvgIpc) is 3.52. The zero-order valence-corrected chi connectivity index (χ0v) is 31.6. The highest BCUT2D eigenvalue weighted by molar-refractivity contribution is 5.88. The summed E-state index contributed by atoms with van der Waals surface area (Å²) in [5.74, 6) is 0.483. The lowest BCUT2D eigenvalue weighted by atomic mass is 9.77. The maximum atomic E-state index is 3.89. The van der Waals surface area contributed by atoms with Crippen molar-refractivity contribution in [3.8, 4) is 11.1 Å². The van der Waals surface area contributed by atoms with Gasteiger partial charge in [0.2, 0.25) is 0 Å². The Bertz CT molecular complexity index is 2810. The second-order valence-corrected chi connectivity index (χ2v) is 16.1. The standard InChI is InChI=1S/C53H42N4/c1-2-10-38-31-40(21-18-34(38)9-1)39-11-7-13-42(32-39)57-49-17-6-4-15-45(49)51-46-33-43(27-29-50(51)57)56(48-16-5-3-14-44(46)48)41-25-22-35(23-26-41)47-28-24-37-20-19-36-12-8-30-54-52(36)53(37)55-47/h1-18,21-29,31-33,46-47,50-51,54-55H,19-20,30H2. The summed E-state index contributed by atoms with van der Waals surface area (Å²) in [6, 6.07) is 52.2. The predicted octanol–water partition coefficient (Wildman–Crippen LogP) is 12.2. The van der Waals surface area contributed by atoms with E-state index >= 15 is 0 Å². The van der Waals surface area contributed by atoms with Gasteiger partial charge in [-0.3, -0.25) is 0 Å². The molecule has 0 saturated heterocycles. The molecule has 0 spiro atoms. The molecule has 0 aromatic heterocycles. The van der Waals surface area contributed by atoms with Crippen LogP contribution in [0, 0.1) is 0 Å². The van der Waals surface area contributed by atoms with Crippen LogP contribution in [0.4, 0.5) is 22.7 Å². The van der Waals surface area contributed by atoms with E-state index in [4.69, 9.17) is 0 Å². The number of hydrogen-bond acceptors (Lipinski definition) is 4. The Kier molecular flexibility index (Phi) is 7.34. The summed E-state index contributed by atoms with van der Waals surface area (Å²) in [6.07, 6.45) is 18.8. The Morgan fingerprint density at radius 3 is 2.23 bits per heavy atom. The molecule has 57 heavy (non-hydrogen) atoms. The van der Waals surface area contributed by atoms with Crippen LogP contribution in [-0.2, 0) is 0 Å². The molecule has 274 valence electrons. The molecule has 2 aliphatic carbocycles. The summed E-state index contributed by atoms with van der Waals surface area (Å²) in [7, 11) is 0. The van der Waals surface area contributed by atoms with E-state index in [9.17, 15) is 0 Å². The normalized spacial score (nSPS) is 22.5. The number of nitrogens with zero attached hydrogens (tertiary/aromatic N) is 2. The van der Waals surface area contributed by atoms with Gasteiger partial charge in [-0.15, -0.1) is 0 Å². The van der Waals surface area contributed by atoms with Crippen molar-refractivity contribution in [1.82, 2.24) is 10.6 Å². The molecule has 4 unspecified atom stereocenters. The van der Waals surface area contributed by atoms with Gasteiger partial charge in [-0.25, -0.2) is 0 Å². The minimum atomic E-state index is 0.123. The number of dihydropyridines is 2. The molecule has 6 aromatic carbocycles. The van der Waals surface area contributed by atoms with Gasteiger partial charge in [0, 0.05) is 46.8 Å². The van der Waals surface area contributed by atoms with Gasteiger partial charge >= 0.3 is 0 Å². The van der Waals surface area contributed by atoms with E-state index in [0.29, 0.717) is 0 Å².